The first kappa shape index (κ1) is 14.2. The normalized spacial score (nSPS) is 10.9. The van der Waals surface area contributed by atoms with E-state index in [-0.39, 0.29) is 5.82 Å². The van der Waals surface area contributed by atoms with Gasteiger partial charge in [-0.15, -0.1) is 11.3 Å². The molecule has 2 heterocycles. The van der Waals surface area contributed by atoms with Crippen LogP contribution in [0.1, 0.15) is 4.88 Å². The Morgan fingerprint density at radius 2 is 2.05 bits per heavy atom. The average molecular weight is 367 g/mol. The molecule has 3 rings (SSSR count). The molecule has 0 unspecified atom stereocenters. The number of thiophene rings is 1. The second kappa shape index (κ2) is 5.57. The van der Waals surface area contributed by atoms with E-state index in [2.05, 4.69) is 36.5 Å². The Balaban J connectivity index is 2.10. The molecular weight excluding hydrogens is 355 g/mol. The molecule has 108 valence electrons. The molecule has 0 amide bonds. The topological polar surface area (TPSA) is 49.8 Å². The number of aromatic nitrogens is 2. The molecule has 3 aromatic rings. The molecule has 0 aliphatic rings. The van der Waals surface area contributed by atoms with Gasteiger partial charge in [0.1, 0.15) is 16.5 Å². The predicted molar refractivity (Wildman–Crippen MR) is 89.1 cm³/mol. The first-order valence-electron chi connectivity index (χ1n) is 6.25. The number of nitrogens with zero attached hydrogens (tertiary/aromatic N) is 2. The molecule has 1 aromatic carbocycles. The minimum Gasteiger partial charge on any atom is -0.357 e. The molecule has 0 spiro atoms. The number of hydrogen-bond donors (Lipinski definition) is 2. The van der Waals surface area contributed by atoms with Crippen molar-refractivity contribution in [3.05, 3.63) is 39.4 Å². The summed E-state index contributed by atoms with van der Waals surface area (Å²) in [5, 5.41) is 6.86. The van der Waals surface area contributed by atoms with Crippen molar-refractivity contribution in [2.24, 2.45) is 0 Å². The maximum absolute atomic E-state index is 14.0. The Hall–Kier alpha value is -1.73. The summed E-state index contributed by atoms with van der Waals surface area (Å²) in [5.74, 6) is 0.758. The second-order valence-electron chi connectivity index (χ2n) is 4.47. The molecule has 21 heavy (non-hydrogen) atoms. The van der Waals surface area contributed by atoms with Crippen LogP contribution in [0.4, 0.5) is 21.8 Å². The summed E-state index contributed by atoms with van der Waals surface area (Å²) < 4.78 is 14.7. The number of nitrogens with one attached hydrogen (secondary N) is 2. The number of fused-ring (bicyclic) bond motifs is 1. The SMILES string of the molecule is CNc1nc(Nc2ccc(Br)cc2F)c2cc(C)sc2n1. The highest BCUT2D eigenvalue weighted by atomic mass is 79.9. The van der Waals surface area contributed by atoms with E-state index in [0.717, 1.165) is 15.1 Å². The van der Waals surface area contributed by atoms with Crippen molar-refractivity contribution in [2.45, 2.75) is 6.92 Å². The highest BCUT2D eigenvalue weighted by Crippen LogP contribution is 2.32. The van der Waals surface area contributed by atoms with Gasteiger partial charge < -0.3 is 10.6 Å². The monoisotopic (exact) mass is 366 g/mol. The lowest BCUT2D eigenvalue weighted by molar-refractivity contribution is 0.631. The lowest BCUT2D eigenvalue weighted by Gasteiger charge is -2.09. The van der Waals surface area contributed by atoms with Crippen LogP contribution in [0.5, 0.6) is 0 Å². The lowest BCUT2D eigenvalue weighted by Crippen LogP contribution is -2.01. The van der Waals surface area contributed by atoms with Gasteiger partial charge in [0.05, 0.1) is 11.1 Å². The number of benzene rings is 1. The van der Waals surface area contributed by atoms with Gasteiger partial charge in [0.25, 0.3) is 0 Å². The van der Waals surface area contributed by atoms with Crippen LogP contribution in [0.3, 0.4) is 0 Å². The maximum atomic E-state index is 14.0. The predicted octanol–water partition coefficient (Wildman–Crippen LogP) is 4.69. The number of hydrogen-bond acceptors (Lipinski definition) is 5. The minimum absolute atomic E-state index is 0.339. The average Bonchev–Trinajstić information content (AvgIpc) is 2.82. The van der Waals surface area contributed by atoms with Crippen LogP contribution < -0.4 is 10.6 Å². The van der Waals surface area contributed by atoms with Gasteiger partial charge in [0.15, 0.2) is 0 Å². The third-order valence-electron chi connectivity index (χ3n) is 2.92. The first-order chi connectivity index (χ1) is 10.1. The quantitative estimate of drug-likeness (QED) is 0.705. The number of halogens is 2. The molecule has 4 nitrogen and oxygen atoms in total. The van der Waals surface area contributed by atoms with E-state index in [0.29, 0.717) is 21.9 Å². The fourth-order valence-corrected chi connectivity index (χ4v) is 3.18. The zero-order valence-corrected chi connectivity index (χ0v) is 13.8. The van der Waals surface area contributed by atoms with E-state index in [1.54, 1.807) is 30.5 Å². The Labute approximate surface area is 133 Å². The largest absolute Gasteiger partial charge is 0.357 e. The van der Waals surface area contributed by atoms with Gasteiger partial charge in [-0.2, -0.15) is 4.98 Å². The van der Waals surface area contributed by atoms with E-state index >= 15 is 0 Å². The standard InChI is InChI=1S/C14H12BrFN4S/c1-7-5-9-12(19-14(17-2)20-13(9)21-7)18-11-4-3-8(15)6-10(11)16/h3-6H,1-2H3,(H2,17,18,19,20). The summed E-state index contributed by atoms with van der Waals surface area (Å²) >= 11 is 4.83. The highest BCUT2D eigenvalue weighted by Gasteiger charge is 2.12. The fourth-order valence-electron chi connectivity index (χ4n) is 1.97. The molecule has 0 aliphatic heterocycles. The van der Waals surface area contributed by atoms with Crippen molar-refractivity contribution in [1.82, 2.24) is 9.97 Å². The maximum Gasteiger partial charge on any atom is 0.225 e. The van der Waals surface area contributed by atoms with Crippen LogP contribution in [-0.4, -0.2) is 17.0 Å². The van der Waals surface area contributed by atoms with Gasteiger partial charge in [-0.3, -0.25) is 0 Å². The number of aryl methyl sites for hydroxylation is 1. The van der Waals surface area contributed by atoms with Crippen LogP contribution in [-0.2, 0) is 0 Å². The van der Waals surface area contributed by atoms with Gasteiger partial charge in [-0.05, 0) is 31.2 Å². The van der Waals surface area contributed by atoms with Crippen molar-refractivity contribution in [3.8, 4) is 0 Å². The van der Waals surface area contributed by atoms with Gasteiger partial charge >= 0.3 is 0 Å². The molecule has 0 aliphatic carbocycles. The summed E-state index contributed by atoms with van der Waals surface area (Å²) in [5.41, 5.74) is 0.379. The summed E-state index contributed by atoms with van der Waals surface area (Å²) in [4.78, 5) is 10.8. The van der Waals surface area contributed by atoms with Gasteiger partial charge in [0.2, 0.25) is 5.95 Å². The van der Waals surface area contributed by atoms with Crippen LogP contribution in [0.15, 0.2) is 28.7 Å². The lowest BCUT2D eigenvalue weighted by atomic mass is 10.3. The Morgan fingerprint density at radius 1 is 1.24 bits per heavy atom. The highest BCUT2D eigenvalue weighted by molar-refractivity contribution is 9.10. The van der Waals surface area contributed by atoms with Crippen LogP contribution in [0.2, 0.25) is 0 Å². The second-order valence-corrected chi connectivity index (χ2v) is 6.62. The van der Waals surface area contributed by atoms with Crippen molar-refractivity contribution in [3.63, 3.8) is 0 Å². The zero-order chi connectivity index (χ0) is 15.0. The van der Waals surface area contributed by atoms with Crippen LogP contribution >= 0.6 is 27.3 Å². The summed E-state index contributed by atoms with van der Waals surface area (Å²) in [6, 6.07) is 6.87. The van der Waals surface area contributed by atoms with Crippen LogP contribution in [0.25, 0.3) is 10.2 Å². The Kier molecular flexibility index (Phi) is 3.77. The van der Waals surface area contributed by atoms with Crippen molar-refractivity contribution in [2.75, 3.05) is 17.7 Å². The van der Waals surface area contributed by atoms with Gasteiger partial charge in [-0.1, -0.05) is 15.9 Å². The zero-order valence-electron chi connectivity index (χ0n) is 11.4. The molecule has 2 N–H and O–H groups in total. The fraction of sp³-hybridized carbons (Fsp3) is 0.143. The molecule has 0 bridgehead atoms. The molecule has 0 fully saturated rings. The molecule has 0 radical (unpaired) electrons. The molecule has 7 heteroatoms. The smallest absolute Gasteiger partial charge is 0.225 e. The summed E-state index contributed by atoms with van der Waals surface area (Å²) in [6.07, 6.45) is 0. The first-order valence-corrected chi connectivity index (χ1v) is 7.86. The third-order valence-corrected chi connectivity index (χ3v) is 4.36. The van der Waals surface area contributed by atoms with Crippen LogP contribution in [0, 0.1) is 12.7 Å². The Morgan fingerprint density at radius 3 is 2.76 bits per heavy atom. The number of rotatable bonds is 3. The van der Waals surface area contributed by atoms with Gasteiger partial charge in [0, 0.05) is 16.4 Å². The van der Waals surface area contributed by atoms with Crippen molar-refractivity contribution in [1.29, 1.82) is 0 Å². The minimum atomic E-state index is -0.339. The Bertz CT molecular complexity index is 818. The van der Waals surface area contributed by atoms with Gasteiger partial charge in [-0.25, -0.2) is 9.37 Å². The molecule has 0 saturated carbocycles. The molecular formula is C14H12BrFN4S. The summed E-state index contributed by atoms with van der Waals surface area (Å²) in [7, 11) is 1.76. The molecule has 0 atom stereocenters. The van der Waals surface area contributed by atoms with E-state index in [4.69, 9.17) is 0 Å². The van der Waals surface area contributed by atoms with E-state index in [9.17, 15) is 4.39 Å². The third kappa shape index (κ3) is 2.84. The summed E-state index contributed by atoms with van der Waals surface area (Å²) in [6.45, 7) is 2.01. The molecule has 0 saturated heterocycles. The van der Waals surface area contributed by atoms with E-state index < -0.39 is 0 Å². The number of anilines is 3. The molecule has 2 aromatic heterocycles. The van der Waals surface area contributed by atoms with E-state index in [1.165, 1.54) is 6.07 Å². The van der Waals surface area contributed by atoms with Crippen molar-refractivity contribution < 1.29 is 4.39 Å². The van der Waals surface area contributed by atoms with E-state index in [1.807, 2.05) is 13.0 Å². The van der Waals surface area contributed by atoms with Crippen molar-refractivity contribution >= 4 is 54.9 Å².